The summed E-state index contributed by atoms with van der Waals surface area (Å²) in [4.78, 5) is 16.8. The van der Waals surface area contributed by atoms with E-state index in [1.54, 1.807) is 0 Å². The summed E-state index contributed by atoms with van der Waals surface area (Å²) in [6.07, 6.45) is -0.402. The second-order valence-corrected chi connectivity index (χ2v) is 7.41. The van der Waals surface area contributed by atoms with Crippen LogP contribution >= 0.6 is 11.6 Å². The van der Waals surface area contributed by atoms with Gasteiger partial charge in [-0.2, -0.15) is 0 Å². The van der Waals surface area contributed by atoms with Gasteiger partial charge in [0, 0.05) is 45.3 Å². The third-order valence-electron chi connectivity index (χ3n) is 4.96. The molecule has 150 valence electrons. The molecule has 1 aliphatic rings. The van der Waals surface area contributed by atoms with Gasteiger partial charge in [0.15, 0.2) is 0 Å². The number of ether oxygens (including phenoxy) is 1. The van der Waals surface area contributed by atoms with E-state index < -0.39 is 6.09 Å². The number of nitrogens with zero attached hydrogens (tertiary/aromatic N) is 2. The third kappa shape index (κ3) is 6.51. The van der Waals surface area contributed by atoms with Gasteiger partial charge >= 0.3 is 6.09 Å². The van der Waals surface area contributed by atoms with Gasteiger partial charge in [0.2, 0.25) is 0 Å². The maximum atomic E-state index is 11.9. The summed E-state index contributed by atoms with van der Waals surface area (Å²) in [7, 11) is 0. The van der Waals surface area contributed by atoms with Crippen molar-refractivity contribution < 1.29 is 9.53 Å². The number of benzene rings is 2. The van der Waals surface area contributed by atoms with Gasteiger partial charge in [0.25, 0.3) is 0 Å². The number of halogens is 1. The van der Waals surface area contributed by atoms with Crippen LogP contribution in [-0.2, 0) is 17.8 Å². The van der Waals surface area contributed by atoms with Crippen LogP contribution in [0, 0.1) is 0 Å². The maximum absolute atomic E-state index is 11.9. The Hall–Kier alpha value is -2.08. The molecule has 1 N–H and O–H groups in total. The van der Waals surface area contributed by atoms with Crippen LogP contribution in [0.3, 0.4) is 0 Å². The molecule has 6 heteroatoms. The lowest BCUT2D eigenvalue weighted by molar-refractivity contribution is 0.0622. The molecule has 0 saturated carbocycles. The summed E-state index contributed by atoms with van der Waals surface area (Å²) in [6, 6.07) is 21.2. The average molecular weight is 402 g/mol. The number of hydrogen-bond donors (Lipinski definition) is 1. The van der Waals surface area contributed by atoms with Gasteiger partial charge in [-0.3, -0.25) is 9.80 Å². The smallest absolute Gasteiger partial charge is 0.407 e. The zero-order valence-electron chi connectivity index (χ0n) is 16.1. The molecule has 1 saturated heterocycles. The summed E-state index contributed by atoms with van der Waals surface area (Å²) in [5.74, 6) is 0.307. The van der Waals surface area contributed by atoms with E-state index >= 15 is 0 Å². The Kier molecular flexibility index (Phi) is 8.15. The molecule has 0 aromatic heterocycles. The van der Waals surface area contributed by atoms with E-state index in [1.165, 1.54) is 11.1 Å². The number of hydrogen-bond acceptors (Lipinski definition) is 4. The first-order valence-corrected chi connectivity index (χ1v) is 10.3. The zero-order valence-corrected chi connectivity index (χ0v) is 16.9. The number of carbonyl (C=O) groups is 1. The van der Waals surface area contributed by atoms with Gasteiger partial charge in [0.1, 0.15) is 6.61 Å². The van der Waals surface area contributed by atoms with Crippen molar-refractivity contribution in [1.82, 2.24) is 15.1 Å². The van der Waals surface area contributed by atoms with Crippen molar-refractivity contribution in [2.75, 3.05) is 38.7 Å². The molecule has 3 rings (SSSR count). The molecular formula is C22H28ClN3O2. The van der Waals surface area contributed by atoms with Crippen LogP contribution < -0.4 is 5.32 Å². The van der Waals surface area contributed by atoms with E-state index in [4.69, 9.17) is 16.3 Å². The summed E-state index contributed by atoms with van der Waals surface area (Å²) in [5, 5.41) is 2.90. The number of piperazine rings is 1. The van der Waals surface area contributed by atoms with Crippen LogP contribution in [0.2, 0.25) is 0 Å². The molecular weight excluding hydrogens is 374 g/mol. The highest BCUT2D eigenvalue weighted by Crippen LogP contribution is 2.16. The van der Waals surface area contributed by atoms with Crippen LogP contribution in [0.1, 0.15) is 11.1 Å². The number of alkyl halides is 1. The van der Waals surface area contributed by atoms with Gasteiger partial charge < -0.3 is 10.1 Å². The Labute approximate surface area is 172 Å². The fourth-order valence-electron chi connectivity index (χ4n) is 3.55. The first kappa shape index (κ1) is 20.6. The summed E-state index contributed by atoms with van der Waals surface area (Å²) >= 11 is 5.58. The Morgan fingerprint density at radius 1 is 1.00 bits per heavy atom. The number of alkyl carbamates (subject to hydrolysis) is 1. The standard InChI is InChI=1S/C22H28ClN3O2/c23-11-14-28-22(27)24-15-21-18-25(16-19-7-3-1-4-8-19)12-13-26(21)17-20-9-5-2-6-10-20/h1-10,21H,11-18H2,(H,24,27). The van der Waals surface area contributed by atoms with E-state index in [2.05, 4.69) is 63.6 Å². The number of nitrogens with one attached hydrogen (secondary N) is 1. The number of amides is 1. The van der Waals surface area contributed by atoms with Crippen molar-refractivity contribution in [3.05, 3.63) is 71.8 Å². The summed E-state index contributed by atoms with van der Waals surface area (Å²) in [5.41, 5.74) is 2.60. The Bertz CT molecular complexity index is 714. The minimum atomic E-state index is -0.402. The number of rotatable bonds is 8. The van der Waals surface area contributed by atoms with E-state index in [0.29, 0.717) is 12.4 Å². The average Bonchev–Trinajstić information content (AvgIpc) is 2.73. The minimum Gasteiger partial charge on any atom is -0.448 e. The topological polar surface area (TPSA) is 44.8 Å². The fourth-order valence-corrected chi connectivity index (χ4v) is 3.62. The minimum absolute atomic E-state index is 0.223. The third-order valence-corrected chi connectivity index (χ3v) is 5.11. The highest BCUT2D eigenvalue weighted by molar-refractivity contribution is 6.18. The fraction of sp³-hybridized carbons (Fsp3) is 0.409. The summed E-state index contributed by atoms with van der Waals surface area (Å²) < 4.78 is 5.04. The first-order valence-electron chi connectivity index (χ1n) is 9.75. The lowest BCUT2D eigenvalue weighted by atomic mass is 10.1. The molecule has 1 atom stereocenters. The van der Waals surface area contributed by atoms with E-state index in [0.717, 1.165) is 32.7 Å². The normalized spacial score (nSPS) is 18.0. The molecule has 1 amide bonds. The lowest BCUT2D eigenvalue weighted by Crippen LogP contribution is -2.56. The molecule has 2 aromatic rings. The Morgan fingerprint density at radius 3 is 2.29 bits per heavy atom. The highest BCUT2D eigenvalue weighted by Gasteiger charge is 2.27. The molecule has 0 spiro atoms. The lowest BCUT2D eigenvalue weighted by Gasteiger charge is -2.41. The molecule has 1 heterocycles. The van der Waals surface area contributed by atoms with E-state index in [-0.39, 0.29) is 12.6 Å². The monoisotopic (exact) mass is 401 g/mol. The molecule has 0 aliphatic carbocycles. The quantitative estimate of drug-likeness (QED) is 0.689. The van der Waals surface area contributed by atoms with Gasteiger partial charge in [-0.25, -0.2) is 4.79 Å². The predicted molar refractivity (Wildman–Crippen MR) is 112 cm³/mol. The van der Waals surface area contributed by atoms with Crippen LogP contribution in [0.15, 0.2) is 60.7 Å². The van der Waals surface area contributed by atoms with Crippen molar-refractivity contribution in [3.63, 3.8) is 0 Å². The van der Waals surface area contributed by atoms with E-state index in [9.17, 15) is 4.79 Å². The van der Waals surface area contributed by atoms with Crippen molar-refractivity contribution in [2.45, 2.75) is 19.1 Å². The molecule has 5 nitrogen and oxygen atoms in total. The maximum Gasteiger partial charge on any atom is 0.407 e. The molecule has 1 aliphatic heterocycles. The van der Waals surface area contributed by atoms with Crippen molar-refractivity contribution >= 4 is 17.7 Å². The first-order chi connectivity index (χ1) is 13.7. The SMILES string of the molecule is O=C(NCC1CN(Cc2ccccc2)CCN1Cc1ccccc1)OCCCl. The molecule has 28 heavy (non-hydrogen) atoms. The second kappa shape index (κ2) is 11.1. The Morgan fingerprint density at radius 2 is 1.64 bits per heavy atom. The van der Waals surface area contributed by atoms with Gasteiger partial charge in [-0.15, -0.1) is 11.6 Å². The predicted octanol–water partition coefficient (Wildman–Crippen LogP) is 3.34. The van der Waals surface area contributed by atoms with Crippen molar-refractivity contribution in [3.8, 4) is 0 Å². The van der Waals surface area contributed by atoms with Crippen molar-refractivity contribution in [2.24, 2.45) is 0 Å². The van der Waals surface area contributed by atoms with Gasteiger partial charge in [0.05, 0.1) is 5.88 Å². The summed E-state index contributed by atoms with van der Waals surface area (Å²) in [6.45, 7) is 5.46. The molecule has 0 radical (unpaired) electrons. The van der Waals surface area contributed by atoms with Crippen molar-refractivity contribution in [1.29, 1.82) is 0 Å². The molecule has 1 fully saturated rings. The van der Waals surface area contributed by atoms with Crippen LogP contribution in [0.25, 0.3) is 0 Å². The zero-order chi connectivity index (χ0) is 19.6. The van der Waals surface area contributed by atoms with Gasteiger partial charge in [-0.05, 0) is 11.1 Å². The van der Waals surface area contributed by atoms with Crippen LogP contribution in [0.4, 0.5) is 4.79 Å². The van der Waals surface area contributed by atoms with Crippen LogP contribution in [-0.4, -0.2) is 60.6 Å². The number of carbonyl (C=O) groups excluding carboxylic acids is 1. The largest absolute Gasteiger partial charge is 0.448 e. The molecule has 0 bridgehead atoms. The van der Waals surface area contributed by atoms with Crippen LogP contribution in [0.5, 0.6) is 0 Å². The van der Waals surface area contributed by atoms with E-state index in [1.807, 2.05) is 12.1 Å². The highest BCUT2D eigenvalue weighted by atomic mass is 35.5. The molecule has 1 unspecified atom stereocenters. The molecule has 2 aromatic carbocycles. The Balaban J connectivity index is 1.61. The second-order valence-electron chi connectivity index (χ2n) is 7.04. The van der Waals surface area contributed by atoms with Gasteiger partial charge in [-0.1, -0.05) is 60.7 Å².